The minimum absolute atomic E-state index is 0.0316. The molecule has 0 aliphatic heterocycles. The van der Waals surface area contributed by atoms with Gasteiger partial charge in [-0.2, -0.15) is 0 Å². The van der Waals surface area contributed by atoms with E-state index in [4.69, 9.17) is 9.52 Å². The predicted octanol–water partition coefficient (Wildman–Crippen LogP) is 1.57. The van der Waals surface area contributed by atoms with E-state index in [-0.39, 0.29) is 24.1 Å². The molecule has 0 aromatic carbocycles. The zero-order chi connectivity index (χ0) is 12.4. The number of hydrogen-bond donors (Lipinski definition) is 2. The zero-order valence-electron chi connectivity index (χ0n) is 9.60. The molecule has 1 unspecified atom stereocenters. The normalized spacial score (nSPS) is 16.5. The lowest BCUT2D eigenvalue weighted by molar-refractivity contribution is -0.137. The summed E-state index contributed by atoms with van der Waals surface area (Å²) in [4.78, 5) is 22.6. The molecule has 1 heterocycles. The van der Waals surface area contributed by atoms with E-state index in [1.165, 1.54) is 6.26 Å². The number of nitrogens with one attached hydrogen (secondary N) is 1. The number of carbonyl (C=O) groups excluding carboxylic acids is 1. The van der Waals surface area contributed by atoms with Crippen molar-refractivity contribution in [2.24, 2.45) is 5.92 Å². The first-order valence-corrected chi connectivity index (χ1v) is 5.64. The number of furan rings is 1. The number of carboxylic acid groups (broad SMARTS) is 1. The molecule has 1 atom stereocenters. The van der Waals surface area contributed by atoms with Gasteiger partial charge in [0.15, 0.2) is 5.76 Å². The van der Waals surface area contributed by atoms with Gasteiger partial charge in [-0.15, -0.1) is 0 Å². The Morgan fingerprint density at radius 2 is 2.29 bits per heavy atom. The third-order valence-corrected chi connectivity index (χ3v) is 2.97. The molecule has 0 saturated heterocycles. The van der Waals surface area contributed by atoms with Gasteiger partial charge in [0.05, 0.1) is 12.7 Å². The SMILES string of the molecule is Cc1ccoc1C(=O)NC(CC(=O)O)C1CC1. The second kappa shape index (κ2) is 4.61. The number of carbonyl (C=O) groups is 2. The van der Waals surface area contributed by atoms with Gasteiger partial charge in [0.1, 0.15) is 0 Å². The fraction of sp³-hybridized carbons (Fsp3) is 0.500. The zero-order valence-corrected chi connectivity index (χ0v) is 9.60. The van der Waals surface area contributed by atoms with E-state index in [0.29, 0.717) is 5.92 Å². The Bertz CT molecular complexity index is 433. The molecule has 0 bridgehead atoms. The summed E-state index contributed by atoms with van der Waals surface area (Å²) in [6, 6.07) is 1.42. The first-order chi connectivity index (χ1) is 8.08. The van der Waals surface area contributed by atoms with Crippen LogP contribution in [-0.4, -0.2) is 23.0 Å². The summed E-state index contributed by atoms with van der Waals surface area (Å²) in [6.45, 7) is 1.78. The Morgan fingerprint density at radius 3 is 2.76 bits per heavy atom. The molecule has 17 heavy (non-hydrogen) atoms. The average molecular weight is 237 g/mol. The second-order valence-electron chi connectivity index (χ2n) is 4.45. The van der Waals surface area contributed by atoms with Gasteiger partial charge >= 0.3 is 5.97 Å². The Hall–Kier alpha value is -1.78. The molecule has 1 aromatic rings. The van der Waals surface area contributed by atoms with E-state index in [2.05, 4.69) is 5.32 Å². The van der Waals surface area contributed by atoms with Crippen LogP contribution in [0.25, 0.3) is 0 Å². The summed E-state index contributed by atoms with van der Waals surface area (Å²) in [5, 5.41) is 11.5. The number of hydrogen-bond acceptors (Lipinski definition) is 3. The molecule has 5 heteroatoms. The van der Waals surface area contributed by atoms with Crippen LogP contribution in [0.4, 0.5) is 0 Å². The number of aliphatic carboxylic acids is 1. The van der Waals surface area contributed by atoms with E-state index < -0.39 is 5.97 Å². The quantitative estimate of drug-likeness (QED) is 0.814. The summed E-state index contributed by atoms with van der Waals surface area (Å²) >= 11 is 0. The van der Waals surface area contributed by atoms with Crippen LogP contribution in [0.2, 0.25) is 0 Å². The van der Waals surface area contributed by atoms with E-state index in [9.17, 15) is 9.59 Å². The molecular weight excluding hydrogens is 222 g/mol. The van der Waals surface area contributed by atoms with Crippen molar-refractivity contribution in [1.82, 2.24) is 5.32 Å². The Labute approximate surface area is 98.8 Å². The number of aryl methyl sites for hydroxylation is 1. The molecule has 92 valence electrons. The highest BCUT2D eigenvalue weighted by atomic mass is 16.4. The van der Waals surface area contributed by atoms with Crippen molar-refractivity contribution in [3.63, 3.8) is 0 Å². The highest BCUT2D eigenvalue weighted by Gasteiger charge is 2.34. The Kier molecular flexibility index (Phi) is 3.17. The van der Waals surface area contributed by atoms with Crippen LogP contribution in [0.1, 0.15) is 35.4 Å². The maximum atomic E-state index is 11.9. The lowest BCUT2D eigenvalue weighted by atomic mass is 10.1. The van der Waals surface area contributed by atoms with Crippen LogP contribution >= 0.6 is 0 Å². The molecule has 5 nitrogen and oxygen atoms in total. The van der Waals surface area contributed by atoms with Gasteiger partial charge in [-0.1, -0.05) is 0 Å². The maximum absolute atomic E-state index is 11.9. The van der Waals surface area contributed by atoms with Crippen LogP contribution in [0.15, 0.2) is 16.7 Å². The van der Waals surface area contributed by atoms with Crippen molar-refractivity contribution in [1.29, 1.82) is 0 Å². The number of rotatable bonds is 5. The standard InChI is InChI=1S/C12H15NO4/c1-7-4-5-17-11(7)12(16)13-9(6-10(14)15)8-2-3-8/h4-5,8-9H,2-3,6H2,1H3,(H,13,16)(H,14,15). The van der Waals surface area contributed by atoms with E-state index >= 15 is 0 Å². The van der Waals surface area contributed by atoms with E-state index in [0.717, 1.165) is 18.4 Å². The fourth-order valence-electron chi connectivity index (χ4n) is 1.86. The minimum Gasteiger partial charge on any atom is -0.481 e. The molecule has 1 aliphatic rings. The van der Waals surface area contributed by atoms with Crippen LogP contribution in [-0.2, 0) is 4.79 Å². The Balaban J connectivity index is 2.00. The summed E-state index contributed by atoms with van der Waals surface area (Å²) in [5.74, 6) is -0.657. The molecule has 1 saturated carbocycles. The molecule has 1 fully saturated rings. The highest BCUT2D eigenvalue weighted by Crippen LogP contribution is 2.34. The summed E-state index contributed by atoms with van der Waals surface area (Å²) in [7, 11) is 0. The lowest BCUT2D eigenvalue weighted by Crippen LogP contribution is -2.38. The van der Waals surface area contributed by atoms with Gasteiger partial charge < -0.3 is 14.8 Å². The topological polar surface area (TPSA) is 79.5 Å². The third kappa shape index (κ3) is 2.87. The highest BCUT2D eigenvalue weighted by molar-refractivity contribution is 5.93. The monoisotopic (exact) mass is 237 g/mol. The molecule has 0 radical (unpaired) electrons. The lowest BCUT2D eigenvalue weighted by Gasteiger charge is -2.15. The van der Waals surface area contributed by atoms with Crippen LogP contribution in [0.5, 0.6) is 0 Å². The fourth-order valence-corrected chi connectivity index (χ4v) is 1.86. The van der Waals surface area contributed by atoms with Crippen molar-refractivity contribution in [3.8, 4) is 0 Å². The van der Waals surface area contributed by atoms with Gasteiger partial charge in [-0.3, -0.25) is 9.59 Å². The predicted molar refractivity (Wildman–Crippen MR) is 59.7 cm³/mol. The van der Waals surface area contributed by atoms with Gasteiger partial charge in [-0.05, 0) is 31.7 Å². The van der Waals surface area contributed by atoms with Crippen LogP contribution in [0, 0.1) is 12.8 Å². The third-order valence-electron chi connectivity index (χ3n) is 2.97. The molecule has 2 N–H and O–H groups in total. The van der Waals surface area contributed by atoms with E-state index in [1.54, 1.807) is 13.0 Å². The molecule has 1 aliphatic carbocycles. The first-order valence-electron chi connectivity index (χ1n) is 5.64. The van der Waals surface area contributed by atoms with E-state index in [1.807, 2.05) is 0 Å². The van der Waals surface area contributed by atoms with Crippen molar-refractivity contribution < 1.29 is 19.1 Å². The van der Waals surface area contributed by atoms with Gasteiger partial charge in [0, 0.05) is 11.6 Å². The Morgan fingerprint density at radius 1 is 1.59 bits per heavy atom. The number of carboxylic acids is 1. The largest absolute Gasteiger partial charge is 0.481 e. The second-order valence-corrected chi connectivity index (χ2v) is 4.45. The minimum atomic E-state index is -0.890. The summed E-state index contributed by atoms with van der Waals surface area (Å²) in [6.07, 6.45) is 3.38. The molecule has 0 spiro atoms. The van der Waals surface area contributed by atoms with Crippen molar-refractivity contribution >= 4 is 11.9 Å². The summed E-state index contributed by atoms with van der Waals surface area (Å²) in [5.41, 5.74) is 0.757. The maximum Gasteiger partial charge on any atom is 0.305 e. The molecule has 2 rings (SSSR count). The average Bonchev–Trinajstić information content (AvgIpc) is 3.00. The van der Waals surface area contributed by atoms with Gasteiger partial charge in [-0.25, -0.2) is 0 Å². The smallest absolute Gasteiger partial charge is 0.305 e. The summed E-state index contributed by atoms with van der Waals surface area (Å²) < 4.78 is 5.07. The van der Waals surface area contributed by atoms with Gasteiger partial charge in [0.25, 0.3) is 5.91 Å². The molecule has 1 aromatic heterocycles. The first kappa shape index (κ1) is 11.7. The van der Waals surface area contributed by atoms with Crippen LogP contribution in [0.3, 0.4) is 0 Å². The number of amides is 1. The molecule has 1 amide bonds. The van der Waals surface area contributed by atoms with Crippen LogP contribution < -0.4 is 5.32 Å². The van der Waals surface area contributed by atoms with Crippen molar-refractivity contribution in [2.75, 3.05) is 0 Å². The van der Waals surface area contributed by atoms with Crippen molar-refractivity contribution in [2.45, 2.75) is 32.2 Å². The molecular formula is C12H15NO4. The van der Waals surface area contributed by atoms with Gasteiger partial charge in [0.2, 0.25) is 0 Å². The van der Waals surface area contributed by atoms with Crippen molar-refractivity contribution in [3.05, 3.63) is 23.7 Å².